The van der Waals surface area contributed by atoms with Gasteiger partial charge in [0.15, 0.2) is 0 Å². The summed E-state index contributed by atoms with van der Waals surface area (Å²) < 4.78 is 5.17. The normalized spacial score (nSPS) is 11.1. The number of hydrogen-bond donors (Lipinski definition) is 3. The molecule has 1 heterocycles. The Hall–Kier alpha value is -2.82. The average molecular weight is 319 g/mol. The van der Waals surface area contributed by atoms with E-state index in [2.05, 4.69) is 31.7 Å². The van der Waals surface area contributed by atoms with E-state index in [4.69, 9.17) is 16.4 Å². The fraction of sp³-hybridized carbons (Fsp3) is 0.467. The molecule has 0 saturated heterocycles. The van der Waals surface area contributed by atoms with Gasteiger partial charge in [-0.1, -0.05) is 25.9 Å². The predicted molar refractivity (Wildman–Crippen MR) is 88.0 cm³/mol. The molecule has 1 amide bonds. The van der Waals surface area contributed by atoms with Gasteiger partial charge in [0.2, 0.25) is 17.7 Å². The second kappa shape index (κ2) is 7.98. The molecule has 124 valence electrons. The second-order valence-corrected chi connectivity index (χ2v) is 5.65. The van der Waals surface area contributed by atoms with Crippen LogP contribution in [0.25, 0.3) is 0 Å². The fourth-order valence-corrected chi connectivity index (χ4v) is 1.51. The zero-order chi connectivity index (χ0) is 17.5. The summed E-state index contributed by atoms with van der Waals surface area (Å²) in [5.74, 6) is 2.84. The molecular weight excluding hydrogens is 298 g/mol. The Morgan fingerprint density at radius 3 is 2.70 bits per heavy atom. The van der Waals surface area contributed by atoms with Crippen LogP contribution in [0.15, 0.2) is 5.16 Å². The number of ether oxygens (including phenoxy) is 1. The predicted octanol–water partition coefficient (Wildman–Crippen LogP) is 1.71. The number of nitrogens with zero attached hydrogens (tertiary/aromatic N) is 3. The maximum absolute atomic E-state index is 12.1. The smallest absolute Gasteiger partial charge is 0.234 e. The number of hydrogen-bond acceptors (Lipinski definition) is 7. The van der Waals surface area contributed by atoms with E-state index >= 15 is 0 Å². The van der Waals surface area contributed by atoms with E-state index in [-0.39, 0.29) is 17.7 Å². The number of carbonyl (C=O) groups excluding carboxylic acids is 1. The summed E-state index contributed by atoms with van der Waals surface area (Å²) in [7, 11) is 1.41. The summed E-state index contributed by atoms with van der Waals surface area (Å²) in [5.41, 5.74) is -0.250. The maximum Gasteiger partial charge on any atom is 0.234 e. The van der Waals surface area contributed by atoms with Crippen LogP contribution in [-0.4, -0.2) is 41.0 Å². The van der Waals surface area contributed by atoms with E-state index in [0.717, 1.165) is 6.21 Å². The SMILES string of the molecule is C#CCCNc1nc(NC(=O)C(C)(C)C)nc(OC)c1/C=N/O. The van der Waals surface area contributed by atoms with Gasteiger partial charge in [0.05, 0.1) is 13.3 Å². The zero-order valence-corrected chi connectivity index (χ0v) is 13.7. The van der Waals surface area contributed by atoms with Crippen LogP contribution in [0.3, 0.4) is 0 Å². The number of oxime groups is 1. The minimum Gasteiger partial charge on any atom is -0.480 e. The van der Waals surface area contributed by atoms with E-state index in [1.165, 1.54) is 7.11 Å². The first-order valence-electron chi connectivity index (χ1n) is 6.95. The van der Waals surface area contributed by atoms with Crippen LogP contribution in [0, 0.1) is 17.8 Å². The fourth-order valence-electron chi connectivity index (χ4n) is 1.51. The van der Waals surface area contributed by atoms with Crippen molar-refractivity contribution in [1.82, 2.24) is 9.97 Å². The van der Waals surface area contributed by atoms with Gasteiger partial charge in [-0.2, -0.15) is 9.97 Å². The first kappa shape index (κ1) is 18.2. The molecule has 0 radical (unpaired) electrons. The van der Waals surface area contributed by atoms with Crippen LogP contribution in [0.4, 0.5) is 11.8 Å². The van der Waals surface area contributed by atoms with Gasteiger partial charge in [0.25, 0.3) is 0 Å². The Balaban J connectivity index is 3.21. The molecule has 0 aliphatic carbocycles. The lowest BCUT2D eigenvalue weighted by Gasteiger charge is -2.18. The lowest BCUT2D eigenvalue weighted by Crippen LogP contribution is -2.28. The summed E-state index contributed by atoms with van der Waals surface area (Å²) in [6.45, 7) is 5.78. The maximum atomic E-state index is 12.1. The number of rotatable bonds is 6. The van der Waals surface area contributed by atoms with Gasteiger partial charge in [-0.15, -0.1) is 12.3 Å². The second-order valence-electron chi connectivity index (χ2n) is 5.65. The lowest BCUT2D eigenvalue weighted by atomic mass is 9.96. The Labute approximate surface area is 135 Å². The van der Waals surface area contributed by atoms with Crippen molar-refractivity contribution in [2.75, 3.05) is 24.3 Å². The van der Waals surface area contributed by atoms with E-state index in [1.807, 2.05) is 0 Å². The van der Waals surface area contributed by atoms with E-state index in [1.54, 1.807) is 20.8 Å². The molecule has 0 unspecified atom stereocenters. The number of nitrogens with one attached hydrogen (secondary N) is 2. The molecule has 8 nitrogen and oxygen atoms in total. The third kappa shape index (κ3) is 5.14. The molecule has 0 aliphatic rings. The van der Waals surface area contributed by atoms with Gasteiger partial charge in [-0.3, -0.25) is 10.1 Å². The lowest BCUT2D eigenvalue weighted by molar-refractivity contribution is -0.123. The number of terminal acetylenes is 1. The molecule has 0 aromatic carbocycles. The monoisotopic (exact) mass is 319 g/mol. The molecular formula is C15H21N5O3. The van der Waals surface area contributed by atoms with Crippen LogP contribution < -0.4 is 15.4 Å². The minimum absolute atomic E-state index is 0.0834. The van der Waals surface area contributed by atoms with Crippen LogP contribution in [-0.2, 0) is 4.79 Å². The van der Waals surface area contributed by atoms with Crippen LogP contribution >= 0.6 is 0 Å². The van der Waals surface area contributed by atoms with E-state index in [9.17, 15) is 4.79 Å². The van der Waals surface area contributed by atoms with Crippen LogP contribution in [0.1, 0.15) is 32.8 Å². The Kier molecular flexibility index (Phi) is 6.33. The van der Waals surface area contributed by atoms with E-state index < -0.39 is 5.41 Å². The molecule has 1 aromatic heterocycles. The number of amides is 1. The summed E-state index contributed by atoms with van der Waals surface area (Å²) in [6.07, 6.45) is 6.84. The van der Waals surface area contributed by atoms with Gasteiger partial charge in [-0.05, 0) is 0 Å². The zero-order valence-electron chi connectivity index (χ0n) is 13.7. The third-order valence-electron chi connectivity index (χ3n) is 2.76. The van der Waals surface area contributed by atoms with Crippen molar-refractivity contribution in [1.29, 1.82) is 0 Å². The molecule has 1 aromatic rings. The van der Waals surface area contributed by atoms with Gasteiger partial charge in [0.1, 0.15) is 11.4 Å². The average Bonchev–Trinajstić information content (AvgIpc) is 2.48. The molecule has 0 atom stereocenters. The molecule has 8 heteroatoms. The Morgan fingerprint density at radius 1 is 1.48 bits per heavy atom. The van der Waals surface area contributed by atoms with Crippen molar-refractivity contribution in [3.05, 3.63) is 5.56 Å². The molecule has 0 fully saturated rings. The topological polar surface area (TPSA) is 109 Å². The molecule has 0 spiro atoms. The van der Waals surface area contributed by atoms with Crippen molar-refractivity contribution in [2.24, 2.45) is 10.6 Å². The standard InChI is InChI=1S/C15H21N5O3/c1-6-7-8-16-11-10(9-17-22)12(23-5)19-14(18-11)20-13(21)15(2,3)4/h1,9,22H,7-8H2,2-5H3,(H2,16,18,19,20,21)/b17-9+. The largest absolute Gasteiger partial charge is 0.480 e. The molecule has 0 aliphatic heterocycles. The number of methoxy groups -OCH3 is 1. The van der Waals surface area contributed by atoms with E-state index in [0.29, 0.717) is 24.3 Å². The van der Waals surface area contributed by atoms with Gasteiger partial charge in [-0.25, -0.2) is 0 Å². The highest BCUT2D eigenvalue weighted by atomic mass is 16.5. The molecule has 23 heavy (non-hydrogen) atoms. The highest BCUT2D eigenvalue weighted by Crippen LogP contribution is 2.24. The molecule has 0 bridgehead atoms. The Bertz CT molecular complexity index is 629. The van der Waals surface area contributed by atoms with Gasteiger partial charge < -0.3 is 15.3 Å². The molecule has 3 N–H and O–H groups in total. The first-order valence-corrected chi connectivity index (χ1v) is 6.95. The highest BCUT2D eigenvalue weighted by molar-refractivity contribution is 5.94. The van der Waals surface area contributed by atoms with Crippen molar-refractivity contribution >= 4 is 23.9 Å². The summed E-state index contributed by atoms with van der Waals surface area (Å²) in [4.78, 5) is 20.4. The van der Waals surface area contributed by atoms with Crippen LogP contribution in [0.2, 0.25) is 0 Å². The Morgan fingerprint density at radius 2 is 2.17 bits per heavy atom. The summed E-state index contributed by atoms with van der Waals surface area (Å²) in [5, 5.41) is 17.4. The number of anilines is 2. The highest BCUT2D eigenvalue weighted by Gasteiger charge is 2.23. The van der Waals surface area contributed by atoms with Crippen molar-refractivity contribution < 1.29 is 14.7 Å². The first-order chi connectivity index (χ1) is 10.8. The molecule has 0 saturated carbocycles. The van der Waals surface area contributed by atoms with Crippen molar-refractivity contribution in [2.45, 2.75) is 27.2 Å². The summed E-state index contributed by atoms with van der Waals surface area (Å²) >= 11 is 0. The molecule has 1 rings (SSSR count). The van der Waals surface area contributed by atoms with Gasteiger partial charge >= 0.3 is 0 Å². The van der Waals surface area contributed by atoms with Gasteiger partial charge in [0, 0.05) is 18.4 Å². The quantitative estimate of drug-likeness (QED) is 0.242. The van der Waals surface area contributed by atoms with Crippen molar-refractivity contribution in [3.8, 4) is 18.2 Å². The third-order valence-corrected chi connectivity index (χ3v) is 2.76. The summed E-state index contributed by atoms with van der Waals surface area (Å²) in [6, 6.07) is 0. The number of carbonyl (C=O) groups is 1. The minimum atomic E-state index is -0.598. The number of aromatic nitrogens is 2. The van der Waals surface area contributed by atoms with Crippen LogP contribution in [0.5, 0.6) is 5.88 Å². The van der Waals surface area contributed by atoms with Crippen molar-refractivity contribution in [3.63, 3.8) is 0 Å².